The predicted octanol–water partition coefficient (Wildman–Crippen LogP) is 3.29. The van der Waals surface area contributed by atoms with E-state index in [2.05, 4.69) is 17.4 Å². The maximum absolute atomic E-state index is 5.56. The van der Waals surface area contributed by atoms with Gasteiger partial charge in [-0.25, -0.2) is 0 Å². The van der Waals surface area contributed by atoms with Crippen LogP contribution in [0.15, 0.2) is 18.2 Å². The topological polar surface area (TPSA) is 21.3 Å². The van der Waals surface area contributed by atoms with Gasteiger partial charge in [-0.05, 0) is 31.9 Å². The first kappa shape index (κ1) is 14.4. The number of halogens is 2. The van der Waals surface area contributed by atoms with Crippen molar-refractivity contribution in [2.24, 2.45) is 0 Å². The van der Waals surface area contributed by atoms with Crippen molar-refractivity contribution in [3.8, 4) is 5.75 Å². The Balaban J connectivity index is 0.000000980. The lowest BCUT2D eigenvalue weighted by atomic mass is 10.0. The molecule has 15 heavy (non-hydrogen) atoms. The quantitative estimate of drug-likeness (QED) is 0.869. The van der Waals surface area contributed by atoms with E-state index in [0.29, 0.717) is 0 Å². The number of ether oxygens (including phenoxy) is 1. The fraction of sp³-hybridized carbons (Fsp3) is 0.455. The van der Waals surface area contributed by atoms with Crippen LogP contribution in [0.4, 0.5) is 5.69 Å². The summed E-state index contributed by atoms with van der Waals surface area (Å²) in [5, 5.41) is 3.38. The van der Waals surface area contributed by atoms with E-state index in [1.807, 2.05) is 13.0 Å². The fourth-order valence-electron chi connectivity index (χ4n) is 1.77. The average Bonchev–Trinajstić information content (AvgIpc) is 2.19. The molecule has 0 saturated carbocycles. The predicted molar refractivity (Wildman–Crippen MR) is 68.9 cm³/mol. The highest BCUT2D eigenvalue weighted by molar-refractivity contribution is 5.85. The van der Waals surface area contributed by atoms with E-state index in [1.165, 1.54) is 17.7 Å². The van der Waals surface area contributed by atoms with Gasteiger partial charge in [0.2, 0.25) is 0 Å². The third kappa shape index (κ3) is 3.18. The van der Waals surface area contributed by atoms with Crippen molar-refractivity contribution in [1.82, 2.24) is 0 Å². The smallest absolute Gasteiger partial charge is 0.124 e. The maximum Gasteiger partial charge on any atom is 0.124 e. The van der Waals surface area contributed by atoms with Gasteiger partial charge >= 0.3 is 0 Å². The molecule has 1 aliphatic rings. The summed E-state index contributed by atoms with van der Waals surface area (Å²) in [5.41, 5.74) is 2.59. The van der Waals surface area contributed by atoms with Gasteiger partial charge in [-0.15, -0.1) is 24.8 Å². The maximum atomic E-state index is 5.56. The minimum Gasteiger partial charge on any atom is -0.494 e. The molecular weight excluding hydrogens is 233 g/mol. The Hall–Kier alpha value is -0.600. The summed E-state index contributed by atoms with van der Waals surface area (Å²) < 4.78 is 5.56. The summed E-state index contributed by atoms with van der Waals surface area (Å²) in [4.78, 5) is 0. The first-order valence-electron chi connectivity index (χ1n) is 4.90. The molecule has 1 aromatic rings. The van der Waals surface area contributed by atoms with E-state index >= 15 is 0 Å². The van der Waals surface area contributed by atoms with Gasteiger partial charge in [0.05, 0.1) is 6.61 Å². The number of fused-ring (bicyclic) bond motifs is 1. The molecule has 0 saturated heterocycles. The van der Waals surface area contributed by atoms with E-state index in [-0.39, 0.29) is 24.8 Å². The molecule has 0 radical (unpaired) electrons. The van der Waals surface area contributed by atoms with Crippen LogP contribution >= 0.6 is 24.8 Å². The lowest BCUT2D eigenvalue weighted by molar-refractivity contribution is 0.336. The van der Waals surface area contributed by atoms with Gasteiger partial charge < -0.3 is 10.1 Å². The van der Waals surface area contributed by atoms with Gasteiger partial charge in [0, 0.05) is 17.8 Å². The molecule has 1 N–H and O–H groups in total. The minimum absolute atomic E-state index is 0. The van der Waals surface area contributed by atoms with Crippen LogP contribution in [0.3, 0.4) is 0 Å². The van der Waals surface area contributed by atoms with Crippen molar-refractivity contribution in [2.75, 3.05) is 18.5 Å². The Kier molecular flexibility index (Phi) is 6.53. The van der Waals surface area contributed by atoms with Crippen LogP contribution in [-0.2, 0) is 6.42 Å². The number of nitrogens with one attached hydrogen (secondary N) is 1. The van der Waals surface area contributed by atoms with Crippen molar-refractivity contribution in [2.45, 2.75) is 19.8 Å². The van der Waals surface area contributed by atoms with Crippen LogP contribution in [0.25, 0.3) is 0 Å². The highest BCUT2D eigenvalue weighted by Crippen LogP contribution is 2.30. The highest BCUT2D eigenvalue weighted by Gasteiger charge is 2.12. The summed E-state index contributed by atoms with van der Waals surface area (Å²) in [6.45, 7) is 3.86. The largest absolute Gasteiger partial charge is 0.494 e. The number of rotatable bonds is 2. The summed E-state index contributed by atoms with van der Waals surface area (Å²) in [5.74, 6) is 1.05. The molecular formula is C11H17Cl2NO. The molecule has 1 aliphatic heterocycles. The van der Waals surface area contributed by atoms with Crippen LogP contribution in [0.5, 0.6) is 5.75 Å². The molecule has 0 aliphatic carbocycles. The molecule has 2 rings (SSSR count). The molecule has 0 fully saturated rings. The van der Waals surface area contributed by atoms with Crippen molar-refractivity contribution in [3.05, 3.63) is 23.8 Å². The van der Waals surface area contributed by atoms with E-state index < -0.39 is 0 Å². The molecule has 1 aromatic carbocycles. The van der Waals surface area contributed by atoms with E-state index in [1.54, 1.807) is 0 Å². The van der Waals surface area contributed by atoms with Crippen molar-refractivity contribution < 1.29 is 4.74 Å². The Bertz CT molecular complexity index is 305. The fourth-order valence-corrected chi connectivity index (χ4v) is 1.77. The van der Waals surface area contributed by atoms with Gasteiger partial charge in [0.25, 0.3) is 0 Å². The Morgan fingerprint density at radius 3 is 2.87 bits per heavy atom. The summed E-state index contributed by atoms with van der Waals surface area (Å²) in [6.07, 6.45) is 2.34. The summed E-state index contributed by atoms with van der Waals surface area (Å²) >= 11 is 0. The SMILES string of the molecule is CCOc1cccc2c1CCCN2.Cl.Cl. The monoisotopic (exact) mass is 249 g/mol. The van der Waals surface area contributed by atoms with Gasteiger partial charge in [-0.2, -0.15) is 0 Å². The first-order chi connectivity index (χ1) is 6.42. The zero-order valence-electron chi connectivity index (χ0n) is 8.79. The van der Waals surface area contributed by atoms with Gasteiger partial charge in [-0.3, -0.25) is 0 Å². The van der Waals surface area contributed by atoms with Crippen molar-refractivity contribution in [3.63, 3.8) is 0 Å². The minimum atomic E-state index is 0. The number of benzene rings is 1. The third-order valence-corrected chi connectivity index (χ3v) is 2.35. The number of hydrogen-bond acceptors (Lipinski definition) is 2. The standard InChI is InChI=1S/C11H15NO.2ClH/c1-2-13-11-7-3-6-10-9(11)5-4-8-12-10;;/h3,6-7,12H,2,4-5,8H2,1H3;2*1H. The third-order valence-electron chi connectivity index (χ3n) is 2.35. The molecule has 0 unspecified atom stereocenters. The lowest BCUT2D eigenvalue weighted by Gasteiger charge is -2.20. The van der Waals surface area contributed by atoms with Crippen LogP contribution < -0.4 is 10.1 Å². The van der Waals surface area contributed by atoms with Crippen LogP contribution in [-0.4, -0.2) is 13.2 Å². The van der Waals surface area contributed by atoms with Crippen LogP contribution in [0.2, 0.25) is 0 Å². The number of anilines is 1. The summed E-state index contributed by atoms with van der Waals surface area (Å²) in [7, 11) is 0. The van der Waals surface area contributed by atoms with Gasteiger partial charge in [0.1, 0.15) is 5.75 Å². The molecule has 4 heteroatoms. The molecule has 0 aromatic heterocycles. The van der Waals surface area contributed by atoms with Crippen LogP contribution in [0.1, 0.15) is 18.9 Å². The molecule has 0 amide bonds. The molecule has 0 atom stereocenters. The Morgan fingerprint density at radius 1 is 1.33 bits per heavy atom. The summed E-state index contributed by atoms with van der Waals surface area (Å²) in [6, 6.07) is 6.22. The number of hydrogen-bond donors (Lipinski definition) is 1. The lowest BCUT2D eigenvalue weighted by Crippen LogP contribution is -2.12. The molecule has 0 spiro atoms. The highest BCUT2D eigenvalue weighted by atomic mass is 35.5. The van der Waals surface area contributed by atoms with Crippen LogP contribution in [0, 0.1) is 0 Å². The second kappa shape index (κ2) is 6.81. The van der Waals surface area contributed by atoms with Crippen molar-refractivity contribution in [1.29, 1.82) is 0 Å². The van der Waals surface area contributed by atoms with E-state index in [4.69, 9.17) is 4.74 Å². The van der Waals surface area contributed by atoms with Crippen molar-refractivity contribution >= 4 is 30.5 Å². The van der Waals surface area contributed by atoms with Gasteiger partial charge in [-0.1, -0.05) is 6.07 Å². The average molecular weight is 250 g/mol. The molecule has 0 bridgehead atoms. The Labute approximate surface area is 103 Å². The Morgan fingerprint density at radius 2 is 2.13 bits per heavy atom. The van der Waals surface area contributed by atoms with E-state index in [9.17, 15) is 0 Å². The molecule has 2 nitrogen and oxygen atoms in total. The normalized spacial score (nSPS) is 12.6. The van der Waals surface area contributed by atoms with Gasteiger partial charge in [0.15, 0.2) is 0 Å². The molecule has 1 heterocycles. The molecule has 86 valence electrons. The zero-order chi connectivity index (χ0) is 9.10. The first-order valence-corrected chi connectivity index (χ1v) is 4.90. The zero-order valence-corrected chi connectivity index (χ0v) is 10.4. The van der Waals surface area contributed by atoms with E-state index in [0.717, 1.165) is 25.3 Å². The second-order valence-electron chi connectivity index (χ2n) is 3.25. The second-order valence-corrected chi connectivity index (χ2v) is 3.25.